The number of ether oxygens (including phenoxy) is 3. The molecule has 0 bridgehead atoms. The van der Waals surface area contributed by atoms with E-state index in [1.807, 2.05) is 85.8 Å². The van der Waals surface area contributed by atoms with Gasteiger partial charge in [0.05, 0.1) is 19.8 Å². The summed E-state index contributed by atoms with van der Waals surface area (Å²) in [7, 11) is 1.63. The van der Waals surface area contributed by atoms with Crippen LogP contribution in [0, 0.1) is 13.8 Å². The highest BCUT2D eigenvalue weighted by molar-refractivity contribution is 5.49. The van der Waals surface area contributed by atoms with Gasteiger partial charge in [0.1, 0.15) is 23.7 Å². The van der Waals surface area contributed by atoms with Crippen LogP contribution in [-0.2, 0) is 15.1 Å². The third kappa shape index (κ3) is 5.18. The average molecular weight is 529 g/mol. The van der Waals surface area contributed by atoms with Crippen molar-refractivity contribution in [3.8, 4) is 5.75 Å². The van der Waals surface area contributed by atoms with Crippen molar-refractivity contribution in [3.05, 3.63) is 134 Å². The number of aliphatic hydroxyl groups is 1. The van der Waals surface area contributed by atoms with E-state index in [9.17, 15) is 14.7 Å². The van der Waals surface area contributed by atoms with Gasteiger partial charge in [-0.2, -0.15) is 0 Å². The van der Waals surface area contributed by atoms with Crippen molar-refractivity contribution in [2.75, 3.05) is 13.7 Å². The van der Waals surface area contributed by atoms with E-state index in [1.165, 1.54) is 10.8 Å². The Morgan fingerprint density at radius 2 is 1.56 bits per heavy atom. The molecule has 0 spiro atoms. The lowest BCUT2D eigenvalue weighted by Crippen LogP contribution is -2.38. The van der Waals surface area contributed by atoms with Crippen LogP contribution in [0.2, 0.25) is 0 Å². The lowest BCUT2D eigenvalue weighted by molar-refractivity contribution is -0.0944. The molecule has 1 saturated heterocycles. The number of aryl methyl sites for hydroxylation is 2. The van der Waals surface area contributed by atoms with Gasteiger partial charge in [0.15, 0.2) is 0 Å². The fourth-order valence-electron chi connectivity index (χ4n) is 5.08. The summed E-state index contributed by atoms with van der Waals surface area (Å²) in [5.41, 5.74) is 2.17. The van der Waals surface area contributed by atoms with E-state index in [4.69, 9.17) is 14.2 Å². The predicted molar refractivity (Wildman–Crippen MR) is 147 cm³/mol. The maximum Gasteiger partial charge on any atom is 0.330 e. The quantitative estimate of drug-likeness (QED) is 0.337. The van der Waals surface area contributed by atoms with E-state index in [0.29, 0.717) is 5.56 Å². The molecule has 0 saturated carbocycles. The van der Waals surface area contributed by atoms with E-state index in [2.05, 4.69) is 4.98 Å². The molecule has 39 heavy (non-hydrogen) atoms. The molecule has 1 fully saturated rings. The van der Waals surface area contributed by atoms with Gasteiger partial charge in [-0.3, -0.25) is 14.3 Å². The number of aliphatic hydroxyl groups excluding tert-OH is 1. The zero-order chi connectivity index (χ0) is 27.6. The Bertz CT molecular complexity index is 1530. The molecule has 4 aromatic rings. The smallest absolute Gasteiger partial charge is 0.330 e. The molecule has 202 valence electrons. The van der Waals surface area contributed by atoms with Crippen LogP contribution < -0.4 is 16.0 Å². The average Bonchev–Trinajstić information content (AvgIpc) is 3.32. The summed E-state index contributed by atoms with van der Waals surface area (Å²) in [6.45, 7) is 3.69. The van der Waals surface area contributed by atoms with Crippen molar-refractivity contribution in [1.29, 1.82) is 0 Å². The number of aromatic nitrogens is 2. The molecule has 0 amide bonds. The number of hydrogen-bond acceptors (Lipinski definition) is 6. The number of methoxy groups -OCH3 is 1. The zero-order valence-electron chi connectivity index (χ0n) is 22.2. The second kappa shape index (κ2) is 11.0. The first-order chi connectivity index (χ1) is 18.8. The molecule has 1 aliphatic rings. The van der Waals surface area contributed by atoms with Crippen molar-refractivity contribution < 1.29 is 19.3 Å². The van der Waals surface area contributed by atoms with Gasteiger partial charge in [-0.15, -0.1) is 0 Å². The van der Waals surface area contributed by atoms with Gasteiger partial charge in [-0.25, -0.2) is 4.79 Å². The highest BCUT2D eigenvalue weighted by Crippen LogP contribution is 2.42. The third-order valence-corrected chi connectivity index (χ3v) is 7.26. The minimum atomic E-state index is -1.02. The molecule has 0 aliphatic carbocycles. The summed E-state index contributed by atoms with van der Waals surface area (Å²) in [6, 6.07) is 25.8. The van der Waals surface area contributed by atoms with E-state index in [0.717, 1.165) is 28.0 Å². The molecular formula is C31H32N2O6. The lowest BCUT2D eigenvalue weighted by atomic mass is 9.79. The van der Waals surface area contributed by atoms with Crippen LogP contribution in [0.25, 0.3) is 0 Å². The monoisotopic (exact) mass is 528 g/mol. The summed E-state index contributed by atoms with van der Waals surface area (Å²) in [5.74, 6) is 0.726. The fourth-order valence-corrected chi connectivity index (χ4v) is 5.08. The Morgan fingerprint density at radius 3 is 2.21 bits per heavy atom. The number of hydrogen-bond donors (Lipinski definition) is 2. The van der Waals surface area contributed by atoms with Crippen LogP contribution >= 0.6 is 0 Å². The molecule has 2 heterocycles. The first kappa shape index (κ1) is 26.6. The molecule has 8 heteroatoms. The molecule has 3 aromatic carbocycles. The molecular weight excluding hydrogens is 496 g/mol. The minimum Gasteiger partial charge on any atom is -0.497 e. The van der Waals surface area contributed by atoms with Crippen molar-refractivity contribution in [1.82, 2.24) is 9.55 Å². The predicted octanol–water partition coefficient (Wildman–Crippen LogP) is 3.82. The van der Waals surface area contributed by atoms with Gasteiger partial charge in [-0.1, -0.05) is 72.3 Å². The van der Waals surface area contributed by atoms with Crippen molar-refractivity contribution in [2.24, 2.45) is 0 Å². The highest BCUT2D eigenvalue weighted by atomic mass is 16.6. The topological polar surface area (TPSA) is 103 Å². The summed E-state index contributed by atoms with van der Waals surface area (Å²) in [5, 5.41) is 10.9. The van der Waals surface area contributed by atoms with E-state index >= 15 is 0 Å². The Balaban J connectivity index is 1.53. The second-order valence-corrected chi connectivity index (χ2v) is 9.86. The SMILES string of the molecule is COc1ccc(C(OCC2OC(n3cc(C)c(=O)[nH]c3=O)CC2O)(c2ccccc2)c2ccc(C)cc2)cc1. The number of H-pyrrole nitrogens is 1. The Morgan fingerprint density at radius 1 is 0.949 bits per heavy atom. The number of rotatable bonds is 8. The number of aromatic amines is 1. The number of nitrogens with zero attached hydrogens (tertiary/aromatic N) is 1. The van der Waals surface area contributed by atoms with Crippen LogP contribution in [-0.4, -0.2) is 40.6 Å². The van der Waals surface area contributed by atoms with Crippen LogP contribution in [0.5, 0.6) is 5.75 Å². The second-order valence-electron chi connectivity index (χ2n) is 9.86. The maximum atomic E-state index is 12.4. The summed E-state index contributed by atoms with van der Waals surface area (Å²) >= 11 is 0. The van der Waals surface area contributed by atoms with Gasteiger partial charge in [-0.05, 0) is 42.7 Å². The fraction of sp³-hybridized carbons (Fsp3) is 0.290. The van der Waals surface area contributed by atoms with Crippen LogP contribution in [0.3, 0.4) is 0 Å². The first-order valence-corrected chi connectivity index (χ1v) is 12.9. The normalized spacial score (nSPS) is 20.5. The third-order valence-electron chi connectivity index (χ3n) is 7.26. The molecule has 1 aromatic heterocycles. The molecule has 0 radical (unpaired) electrons. The minimum absolute atomic E-state index is 0.0452. The highest BCUT2D eigenvalue weighted by Gasteiger charge is 2.42. The van der Waals surface area contributed by atoms with Crippen molar-refractivity contribution in [3.63, 3.8) is 0 Å². The Kier molecular flexibility index (Phi) is 7.52. The van der Waals surface area contributed by atoms with Crippen molar-refractivity contribution >= 4 is 0 Å². The largest absolute Gasteiger partial charge is 0.497 e. The summed E-state index contributed by atoms with van der Waals surface area (Å²) in [4.78, 5) is 26.6. The Labute approximate surface area is 226 Å². The lowest BCUT2D eigenvalue weighted by Gasteiger charge is -2.37. The first-order valence-electron chi connectivity index (χ1n) is 12.9. The Hall–Kier alpha value is -3.98. The molecule has 8 nitrogen and oxygen atoms in total. The summed E-state index contributed by atoms with van der Waals surface area (Å²) < 4.78 is 19.7. The van der Waals surface area contributed by atoms with E-state index in [-0.39, 0.29) is 13.0 Å². The standard InChI is InChI=1S/C31H32N2O6/c1-20-9-11-23(12-10-20)31(22-7-5-4-6-8-22,24-13-15-25(37-3)16-14-24)38-19-27-26(34)17-28(39-27)33-18-21(2)29(35)32-30(33)36/h4-16,18,26-28,34H,17,19H2,1-3H3,(H,32,35,36). The molecule has 1 aliphatic heterocycles. The molecule has 4 unspecified atom stereocenters. The molecule has 5 rings (SSSR count). The van der Waals surface area contributed by atoms with E-state index < -0.39 is 35.3 Å². The van der Waals surface area contributed by atoms with Gasteiger partial charge < -0.3 is 19.3 Å². The van der Waals surface area contributed by atoms with Gasteiger partial charge in [0.2, 0.25) is 0 Å². The number of nitrogens with one attached hydrogen (secondary N) is 1. The maximum absolute atomic E-state index is 12.4. The van der Waals surface area contributed by atoms with Crippen LogP contribution in [0.1, 0.15) is 40.5 Å². The van der Waals surface area contributed by atoms with Gasteiger partial charge in [0, 0.05) is 18.2 Å². The zero-order valence-corrected chi connectivity index (χ0v) is 22.2. The number of benzene rings is 3. The molecule has 4 atom stereocenters. The van der Waals surface area contributed by atoms with Gasteiger partial charge in [0.25, 0.3) is 5.56 Å². The van der Waals surface area contributed by atoms with Crippen molar-refractivity contribution in [2.45, 2.75) is 44.3 Å². The van der Waals surface area contributed by atoms with Gasteiger partial charge >= 0.3 is 5.69 Å². The van der Waals surface area contributed by atoms with E-state index in [1.54, 1.807) is 14.0 Å². The van der Waals surface area contributed by atoms with Crippen LogP contribution in [0.15, 0.2) is 94.6 Å². The van der Waals surface area contributed by atoms with Crippen LogP contribution in [0.4, 0.5) is 0 Å². The molecule has 2 N–H and O–H groups in total. The summed E-state index contributed by atoms with van der Waals surface area (Å²) in [6.07, 6.45) is -0.676.